The molecular weight excluding hydrogens is 444 g/mol. The Morgan fingerprint density at radius 1 is 1.09 bits per heavy atom. The topological polar surface area (TPSA) is 91.7 Å². The average Bonchev–Trinajstić information content (AvgIpc) is 3.52. The fourth-order valence-corrected chi connectivity index (χ4v) is 5.79. The van der Waals surface area contributed by atoms with Gasteiger partial charge in [0.2, 0.25) is 5.95 Å². The third kappa shape index (κ3) is 4.00. The molecule has 2 atom stereocenters. The van der Waals surface area contributed by atoms with Crippen LogP contribution in [0.2, 0.25) is 0 Å². The van der Waals surface area contributed by atoms with Gasteiger partial charge in [0.1, 0.15) is 17.2 Å². The molecule has 3 aliphatic rings. The molecule has 0 radical (unpaired) electrons. The van der Waals surface area contributed by atoms with Crippen LogP contribution in [0.1, 0.15) is 35.8 Å². The summed E-state index contributed by atoms with van der Waals surface area (Å²) in [5, 5.41) is 4.15. The van der Waals surface area contributed by atoms with Crippen molar-refractivity contribution in [3.8, 4) is 0 Å². The Hall–Kier alpha value is -3.24. The maximum atomic E-state index is 13.0. The van der Waals surface area contributed by atoms with Crippen molar-refractivity contribution in [2.75, 3.05) is 63.7 Å². The summed E-state index contributed by atoms with van der Waals surface area (Å²) in [5.41, 5.74) is 2.65. The molecular formula is C25H32N8O2. The van der Waals surface area contributed by atoms with E-state index in [1.807, 2.05) is 30.3 Å². The van der Waals surface area contributed by atoms with Crippen molar-refractivity contribution in [3.63, 3.8) is 0 Å². The van der Waals surface area contributed by atoms with E-state index in [1.165, 1.54) is 0 Å². The summed E-state index contributed by atoms with van der Waals surface area (Å²) in [5.74, 6) is 1.26. The van der Waals surface area contributed by atoms with Crippen molar-refractivity contribution >= 4 is 34.4 Å². The maximum Gasteiger partial charge on any atom is 0.270 e. The van der Waals surface area contributed by atoms with Gasteiger partial charge >= 0.3 is 0 Å². The van der Waals surface area contributed by atoms with Crippen LogP contribution in [0.4, 0.5) is 17.5 Å². The summed E-state index contributed by atoms with van der Waals surface area (Å²) in [6, 6.07) is 6.51. The van der Waals surface area contributed by atoms with Crippen LogP contribution in [0.5, 0.6) is 0 Å². The Kier molecular flexibility index (Phi) is 5.77. The van der Waals surface area contributed by atoms with E-state index < -0.39 is 0 Å². The summed E-state index contributed by atoms with van der Waals surface area (Å²) in [6.07, 6.45) is 6.93. The highest BCUT2D eigenvalue weighted by Gasteiger charge is 2.41. The number of rotatable bonds is 6. The lowest BCUT2D eigenvalue weighted by Gasteiger charge is -2.36. The van der Waals surface area contributed by atoms with E-state index in [4.69, 9.17) is 9.72 Å². The molecule has 1 saturated heterocycles. The van der Waals surface area contributed by atoms with E-state index >= 15 is 0 Å². The second-order valence-corrected chi connectivity index (χ2v) is 9.70. The van der Waals surface area contributed by atoms with Crippen LogP contribution in [0, 0.1) is 0 Å². The van der Waals surface area contributed by atoms with Gasteiger partial charge in [-0.15, -0.1) is 0 Å². The number of ether oxygens (including phenoxy) is 1. The first-order valence-corrected chi connectivity index (χ1v) is 12.5. The average molecular weight is 477 g/mol. The fraction of sp³-hybridized carbons (Fsp3) is 0.520. The lowest BCUT2D eigenvalue weighted by Crippen LogP contribution is -2.47. The van der Waals surface area contributed by atoms with E-state index in [0.717, 1.165) is 75.3 Å². The van der Waals surface area contributed by atoms with Gasteiger partial charge in [0, 0.05) is 58.5 Å². The van der Waals surface area contributed by atoms with Crippen LogP contribution < -0.4 is 10.2 Å². The Labute approximate surface area is 204 Å². The molecule has 3 aromatic heterocycles. The van der Waals surface area contributed by atoms with Crippen molar-refractivity contribution in [2.45, 2.75) is 31.3 Å². The predicted octanol–water partition coefficient (Wildman–Crippen LogP) is 2.52. The van der Waals surface area contributed by atoms with Gasteiger partial charge in [-0.2, -0.15) is 4.98 Å². The normalized spacial score (nSPS) is 22.5. The minimum Gasteiger partial charge on any atom is -0.383 e. The molecule has 2 unspecified atom stereocenters. The highest BCUT2D eigenvalue weighted by Crippen LogP contribution is 2.41. The molecule has 0 bridgehead atoms. The van der Waals surface area contributed by atoms with Crippen molar-refractivity contribution in [2.24, 2.45) is 0 Å². The van der Waals surface area contributed by atoms with Crippen LogP contribution in [-0.4, -0.2) is 94.8 Å². The molecule has 2 fully saturated rings. The van der Waals surface area contributed by atoms with E-state index in [1.54, 1.807) is 13.3 Å². The van der Waals surface area contributed by atoms with E-state index in [2.05, 4.69) is 35.7 Å². The molecule has 1 saturated carbocycles. The Balaban J connectivity index is 1.18. The van der Waals surface area contributed by atoms with Crippen LogP contribution in [0.15, 0.2) is 30.6 Å². The predicted molar refractivity (Wildman–Crippen MR) is 134 cm³/mol. The number of carbonyl (C=O) groups is 1. The lowest BCUT2D eigenvalue weighted by molar-refractivity contribution is 0.0632. The van der Waals surface area contributed by atoms with Gasteiger partial charge < -0.3 is 24.4 Å². The van der Waals surface area contributed by atoms with Gasteiger partial charge in [-0.3, -0.25) is 9.69 Å². The van der Waals surface area contributed by atoms with Gasteiger partial charge in [-0.25, -0.2) is 9.97 Å². The van der Waals surface area contributed by atoms with Crippen LogP contribution >= 0.6 is 0 Å². The second-order valence-electron chi connectivity index (χ2n) is 9.70. The molecule has 2 aliphatic heterocycles. The fourth-order valence-electron chi connectivity index (χ4n) is 5.79. The number of nitrogens with one attached hydrogen (secondary N) is 1. The maximum absolute atomic E-state index is 13.0. The number of hydrogen-bond acceptors (Lipinski definition) is 8. The molecule has 10 heteroatoms. The molecule has 0 aromatic carbocycles. The molecule has 1 aliphatic carbocycles. The number of methoxy groups -OCH3 is 1. The van der Waals surface area contributed by atoms with Crippen molar-refractivity contribution in [1.29, 1.82) is 0 Å². The summed E-state index contributed by atoms with van der Waals surface area (Å²) in [6.45, 7) is 5.77. The van der Waals surface area contributed by atoms with E-state index in [9.17, 15) is 4.79 Å². The standard InChI is InChI=1S/C25H32N8O2/c1-30-19-4-3-5-20(19)33-21(24(30)34)14-17-15-27-25(29-23(17)33)28-22-7-6-18(16-26-22)32-10-8-31(9-11-32)12-13-35-2/h6-7,14-16,19-20H,3-5,8-13H2,1-2H3,(H,26,27,28,29). The number of anilines is 3. The number of piperazine rings is 1. The molecule has 1 N–H and O–H groups in total. The second kappa shape index (κ2) is 9.09. The summed E-state index contributed by atoms with van der Waals surface area (Å²) >= 11 is 0. The van der Waals surface area contributed by atoms with E-state index in [0.29, 0.717) is 17.5 Å². The van der Waals surface area contributed by atoms with Gasteiger partial charge in [0.25, 0.3) is 5.91 Å². The Bertz CT molecular complexity index is 1220. The quantitative estimate of drug-likeness (QED) is 0.580. The molecule has 10 nitrogen and oxygen atoms in total. The number of hydrogen-bond donors (Lipinski definition) is 1. The molecule has 6 rings (SSSR count). The Morgan fingerprint density at radius 2 is 1.91 bits per heavy atom. The monoisotopic (exact) mass is 476 g/mol. The van der Waals surface area contributed by atoms with E-state index in [-0.39, 0.29) is 18.0 Å². The molecule has 35 heavy (non-hydrogen) atoms. The minimum atomic E-state index is 0.0671. The van der Waals surface area contributed by atoms with Gasteiger partial charge in [0.15, 0.2) is 0 Å². The molecule has 5 heterocycles. The highest BCUT2D eigenvalue weighted by molar-refractivity contribution is 5.99. The zero-order chi connectivity index (χ0) is 23.9. The van der Waals surface area contributed by atoms with Crippen molar-refractivity contribution in [1.82, 2.24) is 29.3 Å². The third-order valence-corrected chi connectivity index (χ3v) is 7.73. The lowest BCUT2D eigenvalue weighted by atomic mass is 10.1. The zero-order valence-electron chi connectivity index (χ0n) is 20.4. The number of nitrogens with zero attached hydrogens (tertiary/aromatic N) is 7. The van der Waals surface area contributed by atoms with Crippen LogP contribution in [-0.2, 0) is 4.74 Å². The van der Waals surface area contributed by atoms with Gasteiger partial charge in [0.05, 0.1) is 30.6 Å². The minimum absolute atomic E-state index is 0.0671. The SMILES string of the molecule is COCCN1CCN(c2ccc(Nc3ncc4cc5n(c4n3)C3CCCC3N(C)C5=O)nc2)CC1. The van der Waals surface area contributed by atoms with Crippen LogP contribution in [0.25, 0.3) is 11.0 Å². The van der Waals surface area contributed by atoms with Gasteiger partial charge in [-0.05, 0) is 37.5 Å². The van der Waals surface area contributed by atoms with Gasteiger partial charge in [-0.1, -0.05) is 0 Å². The zero-order valence-corrected chi connectivity index (χ0v) is 20.4. The molecule has 3 aromatic rings. The highest BCUT2D eigenvalue weighted by atomic mass is 16.5. The number of amides is 1. The molecule has 184 valence electrons. The first-order chi connectivity index (χ1) is 17.1. The molecule has 0 spiro atoms. The first-order valence-electron chi connectivity index (χ1n) is 12.5. The van der Waals surface area contributed by atoms with Crippen molar-refractivity contribution in [3.05, 3.63) is 36.3 Å². The number of fused-ring (bicyclic) bond motifs is 5. The Morgan fingerprint density at radius 3 is 2.69 bits per heavy atom. The summed E-state index contributed by atoms with van der Waals surface area (Å²) in [4.78, 5) is 33.6. The summed E-state index contributed by atoms with van der Waals surface area (Å²) < 4.78 is 7.33. The number of pyridine rings is 1. The molecule has 1 amide bonds. The van der Waals surface area contributed by atoms with Crippen molar-refractivity contribution < 1.29 is 9.53 Å². The number of aromatic nitrogens is 4. The smallest absolute Gasteiger partial charge is 0.270 e. The first kappa shape index (κ1) is 22.2. The number of likely N-dealkylation sites (N-methyl/N-ethyl adjacent to an activating group) is 1. The largest absolute Gasteiger partial charge is 0.383 e. The number of carbonyl (C=O) groups excluding carboxylic acids is 1. The summed E-state index contributed by atoms with van der Waals surface area (Å²) in [7, 11) is 3.67. The van der Waals surface area contributed by atoms with Crippen LogP contribution in [0.3, 0.4) is 0 Å². The third-order valence-electron chi connectivity index (χ3n) is 7.73.